The molecule has 1 fully saturated rings. The summed E-state index contributed by atoms with van der Waals surface area (Å²) in [4.78, 5) is 76.7. The zero-order chi connectivity index (χ0) is 49.7. The minimum atomic E-state index is -2.69. The molecule has 6 bridgehead atoms. The number of benzene rings is 2. The molecule has 15 nitrogen and oxygen atoms in total. The third-order valence-electron chi connectivity index (χ3n) is 13.4. The average molecular weight is 929 g/mol. The molecular formula is C53H68N8O7. The zero-order valence-corrected chi connectivity index (χ0v) is 41.1. The molecule has 68 heavy (non-hydrogen) atoms. The second kappa shape index (κ2) is 21.3. The highest BCUT2D eigenvalue weighted by Crippen LogP contribution is 2.42. The van der Waals surface area contributed by atoms with Gasteiger partial charge >= 0.3 is 5.97 Å². The number of hydrazine groups is 1. The molecule has 4 amide bonds. The number of ether oxygens (including phenoxy) is 1. The number of hydrogen-bond donors (Lipinski definition) is 3. The quantitative estimate of drug-likeness (QED) is 0.0777. The number of cyclic esters (lactones) is 1. The van der Waals surface area contributed by atoms with Crippen molar-refractivity contribution in [3.05, 3.63) is 90.3 Å². The Bertz CT molecular complexity index is 2600. The number of pyridine rings is 1. The molecule has 0 aliphatic carbocycles. The lowest BCUT2D eigenvalue weighted by Crippen LogP contribution is -2.63. The Kier molecular flexibility index (Phi) is 16.0. The summed E-state index contributed by atoms with van der Waals surface area (Å²) in [5, 5.41) is 26.8. The molecule has 3 N–H and O–H groups in total. The van der Waals surface area contributed by atoms with Crippen LogP contribution in [0.25, 0.3) is 33.3 Å². The topological polar surface area (TPSA) is 190 Å². The lowest BCUT2D eigenvalue weighted by Gasteiger charge is -2.37. The van der Waals surface area contributed by atoms with Crippen molar-refractivity contribution < 1.29 is 33.8 Å². The van der Waals surface area contributed by atoms with Crippen molar-refractivity contribution >= 4 is 40.5 Å². The van der Waals surface area contributed by atoms with Gasteiger partial charge in [-0.1, -0.05) is 78.5 Å². The number of hydrogen-bond acceptors (Lipinski definition) is 10. The summed E-state index contributed by atoms with van der Waals surface area (Å²) in [6, 6.07) is 16.8. The van der Waals surface area contributed by atoms with Crippen molar-refractivity contribution in [2.75, 3.05) is 33.3 Å². The predicted octanol–water partition coefficient (Wildman–Crippen LogP) is 6.32. The lowest BCUT2D eigenvalue weighted by molar-refractivity contribution is -0.156. The smallest absolute Gasteiger partial charge is 0.324 e. The second-order valence-electron chi connectivity index (χ2n) is 19.4. The first-order valence-corrected chi connectivity index (χ1v) is 23.9. The average Bonchev–Trinajstić information content (AvgIpc) is 3.64. The van der Waals surface area contributed by atoms with E-state index in [1.807, 2.05) is 36.5 Å². The fraction of sp³-hybridized carbons (Fsp3) is 0.491. The number of likely N-dealkylation sites (N-methyl/N-ethyl adjacent to an activating group) is 2. The van der Waals surface area contributed by atoms with E-state index in [-0.39, 0.29) is 32.0 Å². The highest BCUT2D eigenvalue weighted by Gasteiger charge is 2.45. The second-order valence-corrected chi connectivity index (χ2v) is 19.4. The lowest BCUT2D eigenvalue weighted by atomic mass is 9.83. The summed E-state index contributed by atoms with van der Waals surface area (Å²) in [7, 11) is 1.31. The van der Waals surface area contributed by atoms with Crippen LogP contribution in [0.5, 0.6) is 0 Å². The highest BCUT2D eigenvalue weighted by atomic mass is 16.5. The van der Waals surface area contributed by atoms with Crippen LogP contribution in [0, 0.1) is 22.7 Å². The molecule has 1 unspecified atom stereocenters. The number of nitrogens with zero attached hydrogens (tertiary/aromatic N) is 6. The van der Waals surface area contributed by atoms with Gasteiger partial charge in [-0.15, -0.1) is 0 Å². The maximum Gasteiger partial charge on any atom is 0.324 e. The summed E-state index contributed by atoms with van der Waals surface area (Å²) in [5.41, 5.74) is 7.93. The molecule has 2 aliphatic heterocycles. The van der Waals surface area contributed by atoms with Gasteiger partial charge in [0.15, 0.2) is 0 Å². The number of carbonyl (C=O) groups is 5. The number of aryl methyl sites for hydroxylation is 1. The maximum atomic E-state index is 14.7. The van der Waals surface area contributed by atoms with Crippen LogP contribution in [0.1, 0.15) is 97.4 Å². The van der Waals surface area contributed by atoms with Crippen molar-refractivity contribution in [3.63, 3.8) is 0 Å². The predicted molar refractivity (Wildman–Crippen MR) is 261 cm³/mol. The minimum Gasteiger partial charge on any atom is -0.464 e. The van der Waals surface area contributed by atoms with Crippen LogP contribution < -0.4 is 10.7 Å². The minimum absolute atomic E-state index is 0.0445. The molecule has 0 radical (unpaired) electrons. The molecule has 1 saturated heterocycles. The molecule has 2 aromatic heterocycles. The number of amides is 4. The fourth-order valence-electron chi connectivity index (χ4n) is 9.64. The Labute approximate surface area is 400 Å². The number of rotatable bonds is 13. The molecule has 4 heterocycles. The molecule has 6 rings (SSSR count). The van der Waals surface area contributed by atoms with E-state index in [1.165, 1.54) is 12.1 Å². The van der Waals surface area contributed by atoms with E-state index in [0.29, 0.717) is 25.8 Å². The Balaban J connectivity index is 1.44. The Hall–Kier alpha value is -6.37. The van der Waals surface area contributed by atoms with Gasteiger partial charge in [-0.05, 0) is 104 Å². The monoisotopic (exact) mass is 929 g/mol. The fourth-order valence-corrected chi connectivity index (χ4v) is 9.64. The van der Waals surface area contributed by atoms with Crippen LogP contribution in [0.3, 0.4) is 0 Å². The van der Waals surface area contributed by atoms with E-state index in [0.717, 1.165) is 72.4 Å². The molecule has 0 saturated carbocycles. The van der Waals surface area contributed by atoms with Crippen LogP contribution >= 0.6 is 0 Å². The van der Waals surface area contributed by atoms with Gasteiger partial charge in [-0.3, -0.25) is 34.0 Å². The molecular weight excluding hydrogens is 861 g/mol. The number of fused-ring (bicyclic) bond motifs is 6. The van der Waals surface area contributed by atoms with E-state index in [9.17, 15) is 34.3 Å². The van der Waals surface area contributed by atoms with Gasteiger partial charge in [0.25, 0.3) is 11.8 Å². The number of esters is 1. The van der Waals surface area contributed by atoms with Crippen molar-refractivity contribution in [2.24, 2.45) is 11.3 Å². The number of nitrogens with one attached hydrogen (secondary N) is 2. The summed E-state index contributed by atoms with van der Waals surface area (Å²) in [6.45, 7) is 19.8. The van der Waals surface area contributed by atoms with Gasteiger partial charge in [0.2, 0.25) is 17.4 Å². The first-order valence-electron chi connectivity index (χ1n) is 23.9. The van der Waals surface area contributed by atoms with E-state index < -0.39 is 71.2 Å². The third kappa shape index (κ3) is 10.7. The SMILES string of the molecule is C=CC(=O)N(CC)C[C@](O)(C#N)C(=O)N(C)[C@H](C(=O)N[C@H]1Cc2cccc(c2)-c2ccc3c(c2)c(c(-c2cccnc2[C@H](C)CC)n3CC)CC(C)(C)COC(=O)C2CCCN(N2)C1=O)C(C)C. The molecule has 15 heteroatoms. The molecule has 2 aliphatic rings. The number of aromatic nitrogens is 2. The normalized spacial score (nSPS) is 19.2. The largest absolute Gasteiger partial charge is 0.464 e. The first-order chi connectivity index (χ1) is 32.3. The number of carbonyl (C=O) groups excluding carboxylic acids is 5. The van der Waals surface area contributed by atoms with Crippen LogP contribution in [0.15, 0.2) is 73.4 Å². The van der Waals surface area contributed by atoms with Gasteiger partial charge in [0.05, 0.1) is 24.5 Å². The Morgan fingerprint density at radius 2 is 1.84 bits per heavy atom. The first kappa shape index (κ1) is 51.0. The molecule has 2 aromatic carbocycles. The van der Waals surface area contributed by atoms with Gasteiger partial charge in [-0.2, -0.15) is 5.26 Å². The summed E-state index contributed by atoms with van der Waals surface area (Å²) >= 11 is 0. The molecule has 4 aromatic rings. The van der Waals surface area contributed by atoms with E-state index in [4.69, 9.17) is 9.72 Å². The number of aliphatic hydroxyl groups is 1. The van der Waals surface area contributed by atoms with E-state index in [2.05, 4.69) is 80.8 Å². The van der Waals surface area contributed by atoms with Crippen LogP contribution in [0.2, 0.25) is 0 Å². The summed E-state index contributed by atoms with van der Waals surface area (Å²) in [6.07, 6.45) is 5.37. The van der Waals surface area contributed by atoms with Crippen LogP contribution in [-0.4, -0.2) is 116 Å². The molecule has 362 valence electrons. The van der Waals surface area contributed by atoms with Crippen molar-refractivity contribution in [1.29, 1.82) is 5.26 Å². The van der Waals surface area contributed by atoms with Crippen molar-refractivity contribution in [2.45, 2.75) is 124 Å². The molecule has 0 spiro atoms. The van der Waals surface area contributed by atoms with Crippen molar-refractivity contribution in [3.8, 4) is 28.5 Å². The highest BCUT2D eigenvalue weighted by molar-refractivity contribution is 5.97. The van der Waals surface area contributed by atoms with Crippen molar-refractivity contribution in [1.82, 2.24) is 35.1 Å². The van der Waals surface area contributed by atoms with Gasteiger partial charge in [0, 0.05) is 61.2 Å². The van der Waals surface area contributed by atoms with E-state index in [1.54, 1.807) is 26.8 Å². The van der Waals surface area contributed by atoms with Crippen LogP contribution in [0.4, 0.5) is 0 Å². The standard InChI is InChI=1S/C53H68N8O7/c1-11-34(7)45-38(20-16-24-55-45)47-40-29-52(8,9)32-68-50(65)41-21-17-25-61(57-41)49(64)42(27-35-18-15-19-36(26-35)37-22-23-43(39(40)28-37)60(47)14-4)56-48(63)46(33(5)6)58(10)51(66)53(67,30-54)31-59(13-3)44(62)12-2/h12,15-16,18-20,22-24,26,28,33-34,41-42,46,57,67H,2,11,13-14,17,21,25,27,29,31-32H2,1,3-10H3,(H,56,63)/t34-,41?,42+,46+,53-/m1/s1. The van der Waals surface area contributed by atoms with Gasteiger partial charge < -0.3 is 29.5 Å². The van der Waals surface area contributed by atoms with Crippen LogP contribution in [-0.2, 0) is 48.1 Å². The Morgan fingerprint density at radius 1 is 1.10 bits per heavy atom. The maximum absolute atomic E-state index is 14.7. The third-order valence-corrected chi connectivity index (χ3v) is 13.4. The molecule has 5 atom stereocenters. The zero-order valence-electron chi connectivity index (χ0n) is 41.1. The van der Waals surface area contributed by atoms with Gasteiger partial charge in [-0.25, -0.2) is 5.43 Å². The van der Waals surface area contributed by atoms with Gasteiger partial charge in [0.1, 0.15) is 24.2 Å². The summed E-state index contributed by atoms with van der Waals surface area (Å²) < 4.78 is 8.47. The number of nitriles is 1. The summed E-state index contributed by atoms with van der Waals surface area (Å²) in [5.74, 6) is -3.69. The Morgan fingerprint density at radius 3 is 2.50 bits per heavy atom. The van der Waals surface area contributed by atoms with E-state index >= 15 is 0 Å².